The highest BCUT2D eigenvalue weighted by Crippen LogP contribution is 2.21. The van der Waals surface area contributed by atoms with E-state index >= 15 is 0 Å². The smallest absolute Gasteiger partial charge is 0.0725 e. The van der Waals surface area contributed by atoms with Gasteiger partial charge in [0.15, 0.2) is 0 Å². The molecule has 0 aliphatic heterocycles. The van der Waals surface area contributed by atoms with Crippen molar-refractivity contribution in [1.29, 1.82) is 0 Å². The van der Waals surface area contributed by atoms with E-state index in [1.165, 1.54) is 22.4 Å². The minimum Gasteiger partial charge on any atom is -0.383 e. The summed E-state index contributed by atoms with van der Waals surface area (Å²) in [5.74, 6) is 0. The number of hydrogen-bond donors (Lipinski definition) is 1. The Kier molecular flexibility index (Phi) is 5.01. The molecule has 0 saturated heterocycles. The molecule has 0 spiro atoms. The summed E-state index contributed by atoms with van der Waals surface area (Å²) in [6.45, 7) is 13.5. The molecule has 0 atom stereocenters. The van der Waals surface area contributed by atoms with Gasteiger partial charge in [-0.05, 0) is 70.4 Å². The first-order chi connectivity index (χ1) is 7.90. The quantitative estimate of drug-likeness (QED) is 0.831. The summed E-state index contributed by atoms with van der Waals surface area (Å²) in [7, 11) is 0. The normalized spacial score (nSPS) is 11.3. The Hall–Kier alpha value is -1.02. The maximum Gasteiger partial charge on any atom is 0.0725 e. The Morgan fingerprint density at radius 3 is 2.00 bits per heavy atom. The van der Waals surface area contributed by atoms with E-state index in [4.69, 9.17) is 4.74 Å². The minimum atomic E-state index is 0.280. The van der Waals surface area contributed by atoms with Crippen LogP contribution in [0.15, 0.2) is 12.1 Å². The first-order valence-corrected chi connectivity index (χ1v) is 6.38. The second kappa shape index (κ2) is 6.06. The molecule has 0 bridgehead atoms. The van der Waals surface area contributed by atoms with Gasteiger partial charge >= 0.3 is 0 Å². The highest BCUT2D eigenvalue weighted by molar-refractivity contribution is 5.52. The standard InChI is InChI=1S/C15H25NO/c1-10(2)16-14-7-12(5)15(13(6)8-14)9-17-11(3)4/h7-8,10-11,16H,9H2,1-6H3. The molecule has 1 aromatic carbocycles. The van der Waals surface area contributed by atoms with Crippen molar-refractivity contribution < 1.29 is 4.74 Å². The molecule has 17 heavy (non-hydrogen) atoms. The Balaban J connectivity index is 2.86. The van der Waals surface area contributed by atoms with Gasteiger partial charge in [0, 0.05) is 11.7 Å². The summed E-state index contributed by atoms with van der Waals surface area (Å²) in [4.78, 5) is 0. The third-order valence-electron chi connectivity index (χ3n) is 2.71. The van der Waals surface area contributed by atoms with Crippen molar-refractivity contribution in [2.75, 3.05) is 5.32 Å². The molecule has 0 fully saturated rings. The molecular formula is C15H25NO. The molecule has 0 aliphatic rings. The van der Waals surface area contributed by atoms with Crippen LogP contribution in [0.3, 0.4) is 0 Å². The van der Waals surface area contributed by atoms with Crippen molar-refractivity contribution in [3.8, 4) is 0 Å². The lowest BCUT2D eigenvalue weighted by Gasteiger charge is -2.17. The highest BCUT2D eigenvalue weighted by Gasteiger charge is 2.07. The summed E-state index contributed by atoms with van der Waals surface area (Å²) < 4.78 is 5.69. The van der Waals surface area contributed by atoms with Gasteiger partial charge in [0.2, 0.25) is 0 Å². The van der Waals surface area contributed by atoms with Crippen LogP contribution in [0.5, 0.6) is 0 Å². The molecule has 0 aromatic heterocycles. The number of nitrogens with one attached hydrogen (secondary N) is 1. The summed E-state index contributed by atoms with van der Waals surface area (Å²) in [6.07, 6.45) is 0.280. The van der Waals surface area contributed by atoms with E-state index in [0.717, 1.165) is 0 Å². The number of rotatable bonds is 5. The molecule has 0 amide bonds. The van der Waals surface area contributed by atoms with E-state index in [0.29, 0.717) is 12.6 Å². The van der Waals surface area contributed by atoms with Crippen LogP contribution < -0.4 is 5.32 Å². The molecule has 0 radical (unpaired) electrons. The van der Waals surface area contributed by atoms with Crippen LogP contribution in [0.1, 0.15) is 44.4 Å². The maximum absolute atomic E-state index is 5.69. The average molecular weight is 235 g/mol. The third kappa shape index (κ3) is 4.39. The predicted molar refractivity (Wildman–Crippen MR) is 74.6 cm³/mol. The second-order valence-electron chi connectivity index (χ2n) is 5.25. The van der Waals surface area contributed by atoms with Crippen molar-refractivity contribution in [3.63, 3.8) is 0 Å². The average Bonchev–Trinajstić information content (AvgIpc) is 2.14. The predicted octanol–water partition coefficient (Wildman–Crippen LogP) is 4.05. The van der Waals surface area contributed by atoms with Crippen LogP contribution in [0.2, 0.25) is 0 Å². The molecule has 0 aliphatic carbocycles. The number of anilines is 1. The zero-order valence-electron chi connectivity index (χ0n) is 11.9. The molecule has 96 valence electrons. The summed E-state index contributed by atoms with van der Waals surface area (Å²) in [5, 5.41) is 3.44. The number of benzene rings is 1. The van der Waals surface area contributed by atoms with Crippen LogP contribution >= 0.6 is 0 Å². The molecule has 0 heterocycles. The lowest BCUT2D eigenvalue weighted by Crippen LogP contribution is -2.11. The van der Waals surface area contributed by atoms with Crippen molar-refractivity contribution in [3.05, 3.63) is 28.8 Å². The fraction of sp³-hybridized carbons (Fsp3) is 0.600. The summed E-state index contributed by atoms with van der Waals surface area (Å²) in [6, 6.07) is 4.87. The Morgan fingerprint density at radius 1 is 1.06 bits per heavy atom. The molecular weight excluding hydrogens is 210 g/mol. The Morgan fingerprint density at radius 2 is 1.59 bits per heavy atom. The molecule has 1 rings (SSSR count). The van der Waals surface area contributed by atoms with E-state index in [1.54, 1.807) is 0 Å². The molecule has 1 N–H and O–H groups in total. The first kappa shape index (κ1) is 14.0. The van der Waals surface area contributed by atoms with Crippen molar-refractivity contribution in [2.45, 2.75) is 60.3 Å². The maximum atomic E-state index is 5.69. The van der Waals surface area contributed by atoms with Gasteiger partial charge in [0.1, 0.15) is 0 Å². The van der Waals surface area contributed by atoms with Crippen LogP contribution in [0.4, 0.5) is 5.69 Å². The largest absolute Gasteiger partial charge is 0.383 e. The van der Waals surface area contributed by atoms with Crippen molar-refractivity contribution in [1.82, 2.24) is 0 Å². The van der Waals surface area contributed by atoms with Gasteiger partial charge in [0.25, 0.3) is 0 Å². The van der Waals surface area contributed by atoms with E-state index in [9.17, 15) is 0 Å². The molecule has 2 nitrogen and oxygen atoms in total. The van der Waals surface area contributed by atoms with E-state index < -0.39 is 0 Å². The third-order valence-corrected chi connectivity index (χ3v) is 2.71. The van der Waals surface area contributed by atoms with Crippen molar-refractivity contribution >= 4 is 5.69 Å². The first-order valence-electron chi connectivity index (χ1n) is 6.38. The van der Waals surface area contributed by atoms with E-state index in [-0.39, 0.29) is 6.10 Å². The SMILES string of the molecule is Cc1cc(NC(C)C)cc(C)c1COC(C)C. The molecule has 1 aromatic rings. The van der Waals surface area contributed by atoms with Gasteiger partial charge in [0.05, 0.1) is 12.7 Å². The Labute approximate surface area is 105 Å². The van der Waals surface area contributed by atoms with E-state index in [1.807, 2.05) is 0 Å². The fourth-order valence-electron chi connectivity index (χ4n) is 1.89. The molecule has 0 unspecified atom stereocenters. The monoisotopic (exact) mass is 235 g/mol. The van der Waals surface area contributed by atoms with Gasteiger partial charge in [-0.3, -0.25) is 0 Å². The van der Waals surface area contributed by atoms with Crippen LogP contribution in [-0.4, -0.2) is 12.1 Å². The number of hydrogen-bond acceptors (Lipinski definition) is 2. The lowest BCUT2D eigenvalue weighted by atomic mass is 10.0. The Bertz CT molecular complexity index is 346. The minimum absolute atomic E-state index is 0.280. The van der Waals surface area contributed by atoms with Gasteiger partial charge < -0.3 is 10.1 Å². The summed E-state index contributed by atoms with van der Waals surface area (Å²) in [5.41, 5.74) is 5.11. The zero-order chi connectivity index (χ0) is 13.0. The zero-order valence-corrected chi connectivity index (χ0v) is 11.9. The van der Waals surface area contributed by atoms with Crippen LogP contribution in [0.25, 0.3) is 0 Å². The van der Waals surface area contributed by atoms with Gasteiger partial charge in [-0.2, -0.15) is 0 Å². The molecule has 0 saturated carbocycles. The second-order valence-corrected chi connectivity index (χ2v) is 5.25. The number of ether oxygens (including phenoxy) is 1. The summed E-state index contributed by atoms with van der Waals surface area (Å²) >= 11 is 0. The van der Waals surface area contributed by atoms with Gasteiger partial charge in [-0.15, -0.1) is 0 Å². The van der Waals surface area contributed by atoms with Crippen LogP contribution in [-0.2, 0) is 11.3 Å². The highest BCUT2D eigenvalue weighted by atomic mass is 16.5. The topological polar surface area (TPSA) is 21.3 Å². The van der Waals surface area contributed by atoms with Crippen molar-refractivity contribution in [2.24, 2.45) is 0 Å². The van der Waals surface area contributed by atoms with Crippen LogP contribution in [0, 0.1) is 13.8 Å². The lowest BCUT2D eigenvalue weighted by molar-refractivity contribution is 0.0651. The fourth-order valence-corrected chi connectivity index (χ4v) is 1.89. The van der Waals surface area contributed by atoms with Gasteiger partial charge in [-0.1, -0.05) is 0 Å². The molecule has 2 heteroatoms. The number of aryl methyl sites for hydroxylation is 2. The van der Waals surface area contributed by atoms with E-state index in [2.05, 4.69) is 59.0 Å². The van der Waals surface area contributed by atoms with Gasteiger partial charge in [-0.25, -0.2) is 0 Å².